The van der Waals surface area contributed by atoms with Gasteiger partial charge in [-0.05, 0) is 36.8 Å². The van der Waals surface area contributed by atoms with Crippen LogP contribution in [-0.2, 0) is 21.8 Å². The van der Waals surface area contributed by atoms with Crippen LogP contribution >= 0.6 is 11.8 Å². The molecule has 0 saturated heterocycles. The topological polar surface area (TPSA) is 73.6 Å². The number of hydrogen-bond donors (Lipinski definition) is 1. The summed E-state index contributed by atoms with van der Waals surface area (Å²) in [5.74, 6) is 0.500. The smallest absolute Gasteiger partial charge is 0.323 e. The lowest BCUT2D eigenvalue weighted by atomic mass is 10.1. The van der Waals surface area contributed by atoms with E-state index in [0.29, 0.717) is 10.9 Å². The Morgan fingerprint density at radius 3 is 2.74 bits per heavy atom. The van der Waals surface area contributed by atoms with Gasteiger partial charge in [0.25, 0.3) is 0 Å². The van der Waals surface area contributed by atoms with Gasteiger partial charge >= 0.3 is 5.97 Å². The number of carbonyl (C=O) groups is 1. The van der Waals surface area contributed by atoms with E-state index in [0.717, 1.165) is 27.9 Å². The van der Waals surface area contributed by atoms with Gasteiger partial charge in [-0.15, -0.1) is 0 Å². The van der Waals surface area contributed by atoms with E-state index in [1.54, 1.807) is 18.8 Å². The highest BCUT2D eigenvalue weighted by Gasteiger charge is 2.15. The monoisotopic (exact) mass is 386 g/mol. The second kappa shape index (κ2) is 8.45. The lowest BCUT2D eigenvalue weighted by Crippen LogP contribution is -2.09. The van der Waals surface area contributed by atoms with Crippen LogP contribution in [0, 0.1) is 0 Å². The number of methoxy groups -OCH3 is 2. The summed E-state index contributed by atoms with van der Waals surface area (Å²) in [7, 11) is 3.32. The molecule has 1 heterocycles. The van der Waals surface area contributed by atoms with Crippen LogP contribution in [0.15, 0.2) is 47.6 Å². The maximum absolute atomic E-state index is 11.3. The highest BCUT2D eigenvalue weighted by Crippen LogP contribution is 2.32. The van der Waals surface area contributed by atoms with E-state index in [1.807, 2.05) is 43.3 Å². The van der Waals surface area contributed by atoms with E-state index >= 15 is 0 Å². The van der Waals surface area contributed by atoms with Crippen molar-refractivity contribution in [1.82, 2.24) is 9.55 Å². The fourth-order valence-corrected chi connectivity index (χ4v) is 3.89. The minimum Gasteiger partial charge on any atom is -0.496 e. The molecule has 0 bridgehead atoms. The molecule has 0 aliphatic heterocycles. The lowest BCUT2D eigenvalue weighted by Gasteiger charge is -2.14. The molecule has 1 N–H and O–H groups in total. The molecule has 1 aromatic heterocycles. The summed E-state index contributed by atoms with van der Waals surface area (Å²) in [6.07, 6.45) is -0.0174. The number of fused-ring (bicyclic) bond motifs is 1. The molecule has 0 aliphatic rings. The number of aliphatic carboxylic acids is 1. The van der Waals surface area contributed by atoms with Gasteiger partial charge in [-0.25, -0.2) is 4.98 Å². The number of aromatic nitrogens is 2. The predicted molar refractivity (Wildman–Crippen MR) is 105 cm³/mol. The third-order valence-electron chi connectivity index (χ3n) is 4.40. The maximum Gasteiger partial charge on any atom is 0.323 e. The van der Waals surface area contributed by atoms with Crippen molar-refractivity contribution in [2.24, 2.45) is 0 Å². The summed E-state index contributed by atoms with van der Waals surface area (Å²) in [5.41, 5.74) is 3.68. The molecule has 2 aromatic carbocycles. The third-order valence-corrected chi connectivity index (χ3v) is 5.42. The fraction of sp³-hybridized carbons (Fsp3) is 0.300. The Kier molecular flexibility index (Phi) is 6.03. The second-order valence-electron chi connectivity index (χ2n) is 6.10. The number of rotatable bonds is 8. The average molecular weight is 386 g/mol. The van der Waals surface area contributed by atoms with Gasteiger partial charge in [-0.3, -0.25) is 4.79 Å². The van der Waals surface area contributed by atoms with Gasteiger partial charge in [0.15, 0.2) is 5.16 Å². The largest absolute Gasteiger partial charge is 0.496 e. The Labute approximate surface area is 162 Å². The molecule has 0 amide bonds. The molecule has 142 valence electrons. The molecule has 1 atom stereocenters. The third kappa shape index (κ3) is 4.26. The van der Waals surface area contributed by atoms with E-state index in [9.17, 15) is 9.90 Å². The van der Waals surface area contributed by atoms with Gasteiger partial charge in [0.05, 0.1) is 24.2 Å². The number of imidazole rings is 1. The first-order valence-corrected chi connectivity index (χ1v) is 9.51. The predicted octanol–water partition coefficient (Wildman–Crippen LogP) is 4.13. The first-order valence-electron chi connectivity index (χ1n) is 8.53. The summed E-state index contributed by atoms with van der Waals surface area (Å²) < 4.78 is 12.6. The zero-order valence-corrected chi connectivity index (χ0v) is 16.3. The minimum absolute atomic E-state index is 0.0174. The van der Waals surface area contributed by atoms with Gasteiger partial charge in [0.2, 0.25) is 0 Å². The van der Waals surface area contributed by atoms with Crippen LogP contribution in [0.25, 0.3) is 11.0 Å². The van der Waals surface area contributed by atoms with E-state index in [2.05, 4.69) is 11.1 Å². The molecule has 0 radical (unpaired) electrons. The fourth-order valence-electron chi connectivity index (χ4n) is 2.89. The van der Waals surface area contributed by atoms with Crippen LogP contribution in [0.2, 0.25) is 0 Å². The van der Waals surface area contributed by atoms with Crippen molar-refractivity contribution in [3.8, 4) is 5.75 Å². The van der Waals surface area contributed by atoms with Gasteiger partial charge in [-0.2, -0.15) is 0 Å². The quantitative estimate of drug-likeness (QED) is 0.587. The summed E-state index contributed by atoms with van der Waals surface area (Å²) in [4.78, 5) is 15.9. The van der Waals surface area contributed by atoms with E-state index in [4.69, 9.17) is 9.47 Å². The highest BCUT2D eigenvalue weighted by molar-refractivity contribution is 7.98. The molecule has 27 heavy (non-hydrogen) atoms. The molecule has 0 aliphatic carbocycles. The van der Waals surface area contributed by atoms with Crippen LogP contribution in [0.4, 0.5) is 0 Å². The molecule has 0 saturated carbocycles. The number of carboxylic acid groups (broad SMARTS) is 1. The van der Waals surface area contributed by atoms with Gasteiger partial charge < -0.3 is 19.1 Å². The van der Waals surface area contributed by atoms with Crippen molar-refractivity contribution in [1.29, 1.82) is 0 Å². The molecular weight excluding hydrogens is 364 g/mol. The molecule has 7 heteroatoms. The van der Waals surface area contributed by atoms with Crippen molar-refractivity contribution in [2.75, 3.05) is 14.2 Å². The van der Waals surface area contributed by atoms with E-state index in [1.165, 1.54) is 11.8 Å². The van der Waals surface area contributed by atoms with Crippen LogP contribution in [0.3, 0.4) is 0 Å². The lowest BCUT2D eigenvalue weighted by molar-refractivity contribution is -0.137. The van der Waals surface area contributed by atoms with Crippen molar-refractivity contribution < 1.29 is 19.4 Å². The first-order chi connectivity index (χ1) is 13.0. The Bertz CT molecular complexity index is 954. The number of ether oxygens (including phenoxy) is 2. The van der Waals surface area contributed by atoms with Crippen molar-refractivity contribution in [3.63, 3.8) is 0 Å². The molecule has 0 fully saturated rings. The minimum atomic E-state index is -0.895. The highest BCUT2D eigenvalue weighted by atomic mass is 32.2. The van der Waals surface area contributed by atoms with E-state index < -0.39 is 5.97 Å². The van der Waals surface area contributed by atoms with Crippen molar-refractivity contribution in [2.45, 2.75) is 30.5 Å². The van der Waals surface area contributed by atoms with Crippen LogP contribution in [-0.4, -0.2) is 34.8 Å². The number of para-hydroxylation sites is 2. The molecule has 1 unspecified atom stereocenters. The zero-order valence-electron chi connectivity index (χ0n) is 15.5. The molecule has 3 aromatic rings. The number of hydrogen-bond acceptors (Lipinski definition) is 5. The van der Waals surface area contributed by atoms with Gasteiger partial charge in [-0.1, -0.05) is 30.0 Å². The van der Waals surface area contributed by atoms with Gasteiger partial charge in [0.1, 0.15) is 12.3 Å². The van der Waals surface area contributed by atoms with Crippen LogP contribution in [0.5, 0.6) is 5.75 Å². The maximum atomic E-state index is 11.3. The Morgan fingerprint density at radius 1 is 1.26 bits per heavy atom. The number of benzene rings is 2. The average Bonchev–Trinajstić information content (AvgIpc) is 3.02. The Hall–Kier alpha value is -2.51. The normalized spacial score (nSPS) is 12.3. The van der Waals surface area contributed by atoms with E-state index in [-0.39, 0.29) is 12.6 Å². The molecule has 6 nitrogen and oxygen atoms in total. The molecule has 3 rings (SSSR count). The van der Waals surface area contributed by atoms with Gasteiger partial charge in [0, 0.05) is 18.4 Å². The zero-order chi connectivity index (χ0) is 19.4. The number of carboxylic acids is 1. The summed E-state index contributed by atoms with van der Waals surface area (Å²) >= 11 is 1.49. The van der Waals surface area contributed by atoms with Crippen molar-refractivity contribution >= 4 is 28.8 Å². The molecule has 0 spiro atoms. The number of nitrogens with zero attached hydrogens (tertiary/aromatic N) is 2. The van der Waals surface area contributed by atoms with Crippen LogP contribution in [0.1, 0.15) is 24.2 Å². The standard InChI is InChI=1S/C20H22N2O4S/c1-13(25-2)14-8-9-18(26-3)15(10-14)12-27-20-21-16-6-4-5-7-17(16)22(20)11-19(23)24/h4-10,13H,11-12H2,1-3H3,(H,23,24). The molecular formula is C20H22N2O4S. The number of thioether (sulfide) groups is 1. The summed E-state index contributed by atoms with van der Waals surface area (Å²) in [6.45, 7) is 1.87. The summed E-state index contributed by atoms with van der Waals surface area (Å²) in [5, 5.41) is 9.94. The Morgan fingerprint density at radius 2 is 2.04 bits per heavy atom. The first kappa shape index (κ1) is 19.3. The second-order valence-corrected chi connectivity index (χ2v) is 7.04. The Balaban J connectivity index is 1.91. The van der Waals surface area contributed by atoms with Crippen molar-refractivity contribution in [3.05, 3.63) is 53.6 Å². The SMILES string of the molecule is COc1ccc(C(C)OC)cc1CSc1nc2ccccc2n1CC(=O)O. The van der Waals surface area contributed by atoms with Crippen LogP contribution < -0.4 is 4.74 Å². The summed E-state index contributed by atoms with van der Waals surface area (Å²) in [6, 6.07) is 13.5.